The van der Waals surface area contributed by atoms with Crippen molar-refractivity contribution in [2.24, 2.45) is 5.41 Å². The maximum Gasteiger partial charge on any atom is 0.341 e. The van der Waals surface area contributed by atoms with Gasteiger partial charge in [-0.2, -0.15) is 0 Å². The molecule has 6 nitrogen and oxygen atoms in total. The van der Waals surface area contributed by atoms with Crippen molar-refractivity contribution in [3.63, 3.8) is 0 Å². The molecule has 1 heterocycles. The Hall–Kier alpha value is -1.89. The second kappa shape index (κ2) is 7.99. The first-order chi connectivity index (χ1) is 11.8. The predicted octanol–water partition coefficient (Wildman–Crippen LogP) is 3.91. The molecule has 0 saturated heterocycles. The van der Waals surface area contributed by atoms with E-state index in [1.54, 1.807) is 0 Å². The van der Waals surface area contributed by atoms with Crippen molar-refractivity contribution in [1.82, 2.24) is 0 Å². The number of carbonyl (C=O) groups is 3. The number of thiophene rings is 1. The smallest absolute Gasteiger partial charge is 0.341 e. The molecule has 0 aromatic carbocycles. The van der Waals surface area contributed by atoms with Crippen LogP contribution in [0.25, 0.3) is 0 Å². The molecule has 0 radical (unpaired) electrons. The number of amides is 1. The summed E-state index contributed by atoms with van der Waals surface area (Å²) in [5.41, 5.74) is 0.695. The van der Waals surface area contributed by atoms with Crippen LogP contribution in [0.5, 0.6) is 0 Å². The maximum atomic E-state index is 12.6. The number of methoxy groups -OCH3 is 1. The van der Waals surface area contributed by atoms with Gasteiger partial charge >= 0.3 is 11.9 Å². The summed E-state index contributed by atoms with van der Waals surface area (Å²) in [6.07, 6.45) is 4.65. The lowest BCUT2D eigenvalue weighted by molar-refractivity contribution is -0.140. The molecule has 1 amide bonds. The van der Waals surface area contributed by atoms with Gasteiger partial charge in [-0.15, -0.1) is 11.3 Å². The zero-order valence-electron chi connectivity index (χ0n) is 14.9. The van der Waals surface area contributed by atoms with E-state index in [1.165, 1.54) is 18.4 Å². The molecule has 0 atom stereocenters. The summed E-state index contributed by atoms with van der Waals surface area (Å²) in [6, 6.07) is 0. The highest BCUT2D eigenvalue weighted by Gasteiger charge is 2.37. The number of rotatable bonds is 6. The van der Waals surface area contributed by atoms with Crippen molar-refractivity contribution in [1.29, 1.82) is 0 Å². The number of aliphatic carboxylic acids is 1. The van der Waals surface area contributed by atoms with Crippen LogP contribution < -0.4 is 5.32 Å². The molecular formula is C18H25NO5S. The predicted molar refractivity (Wildman–Crippen MR) is 96.2 cm³/mol. The summed E-state index contributed by atoms with van der Waals surface area (Å²) in [5, 5.41) is 12.5. The topological polar surface area (TPSA) is 92.7 Å². The maximum absolute atomic E-state index is 12.6. The Bertz CT molecular complexity index is 673. The Balaban J connectivity index is 2.17. The van der Waals surface area contributed by atoms with Gasteiger partial charge in [0.2, 0.25) is 5.91 Å². The Labute approximate surface area is 151 Å². The van der Waals surface area contributed by atoms with E-state index in [4.69, 9.17) is 4.74 Å². The zero-order valence-corrected chi connectivity index (χ0v) is 15.8. The second-order valence-corrected chi connectivity index (χ2v) is 8.06. The van der Waals surface area contributed by atoms with Crippen molar-refractivity contribution in [2.75, 3.05) is 12.4 Å². The van der Waals surface area contributed by atoms with Crippen molar-refractivity contribution in [3.05, 3.63) is 16.0 Å². The summed E-state index contributed by atoms with van der Waals surface area (Å²) in [6.45, 7) is 3.70. The summed E-state index contributed by atoms with van der Waals surface area (Å²) >= 11 is 1.34. The largest absolute Gasteiger partial charge is 0.481 e. The summed E-state index contributed by atoms with van der Waals surface area (Å²) in [4.78, 5) is 36.8. The van der Waals surface area contributed by atoms with E-state index in [0.717, 1.165) is 42.5 Å². The summed E-state index contributed by atoms with van der Waals surface area (Å²) in [5.74, 6) is -1.59. The van der Waals surface area contributed by atoms with Crippen LogP contribution in [0.2, 0.25) is 0 Å². The Morgan fingerprint density at radius 1 is 1.16 bits per heavy atom. The number of anilines is 1. The van der Waals surface area contributed by atoms with E-state index in [1.807, 2.05) is 13.8 Å². The van der Waals surface area contributed by atoms with Crippen LogP contribution in [-0.2, 0) is 14.3 Å². The van der Waals surface area contributed by atoms with Gasteiger partial charge in [-0.25, -0.2) is 4.79 Å². The molecular weight excluding hydrogens is 342 g/mol. The quantitative estimate of drug-likeness (QED) is 0.744. The first-order valence-corrected chi connectivity index (χ1v) is 9.29. The number of carboxylic acids is 1. The number of carbonyl (C=O) groups excluding carboxylic acids is 2. The number of esters is 1. The van der Waals surface area contributed by atoms with Gasteiger partial charge in [0, 0.05) is 11.3 Å². The van der Waals surface area contributed by atoms with Crippen LogP contribution in [0.1, 0.15) is 65.7 Å². The number of nitrogens with one attached hydrogen (secondary N) is 1. The molecule has 1 aromatic heterocycles. The zero-order chi connectivity index (χ0) is 18.6. The van der Waals surface area contributed by atoms with E-state index in [0.29, 0.717) is 10.6 Å². The minimum absolute atomic E-state index is 0.00672. The lowest BCUT2D eigenvalue weighted by Crippen LogP contribution is -2.32. The third-order valence-corrected chi connectivity index (χ3v) is 6.13. The molecule has 2 N–H and O–H groups in total. The molecule has 0 bridgehead atoms. The molecule has 0 unspecified atom stereocenters. The van der Waals surface area contributed by atoms with Gasteiger partial charge < -0.3 is 15.2 Å². The fourth-order valence-corrected chi connectivity index (χ4v) is 4.68. The molecule has 0 aliphatic heterocycles. The number of carboxylic acid groups (broad SMARTS) is 1. The third-order valence-electron chi connectivity index (χ3n) is 5.00. The molecule has 25 heavy (non-hydrogen) atoms. The van der Waals surface area contributed by atoms with Crippen LogP contribution in [0.15, 0.2) is 0 Å². The first kappa shape index (κ1) is 19.4. The molecule has 0 spiro atoms. The van der Waals surface area contributed by atoms with E-state index in [2.05, 4.69) is 5.32 Å². The van der Waals surface area contributed by atoms with Crippen LogP contribution in [0.4, 0.5) is 5.00 Å². The van der Waals surface area contributed by atoms with Crippen LogP contribution in [0.3, 0.4) is 0 Å². The molecule has 1 fully saturated rings. The standard InChI is InChI=1S/C18H25NO5S/c1-11-12(2)25-16(15(11)17(23)24-3)19-13(20)9-18(10-14(21)22)7-5-4-6-8-18/h4-10H2,1-3H3,(H,19,20)(H,21,22). The van der Waals surface area contributed by atoms with Gasteiger partial charge in [-0.1, -0.05) is 19.3 Å². The summed E-state index contributed by atoms with van der Waals surface area (Å²) in [7, 11) is 1.31. The van der Waals surface area contributed by atoms with Crippen molar-refractivity contribution in [3.8, 4) is 0 Å². The van der Waals surface area contributed by atoms with Gasteiger partial charge in [-0.3, -0.25) is 9.59 Å². The average molecular weight is 367 g/mol. The SMILES string of the molecule is COC(=O)c1c(NC(=O)CC2(CC(=O)O)CCCCC2)sc(C)c1C. The van der Waals surface area contributed by atoms with Crippen molar-refractivity contribution in [2.45, 2.75) is 58.8 Å². The average Bonchev–Trinajstić information content (AvgIpc) is 2.80. The van der Waals surface area contributed by atoms with E-state index in [9.17, 15) is 19.5 Å². The molecule has 7 heteroatoms. The fraction of sp³-hybridized carbons (Fsp3) is 0.611. The Morgan fingerprint density at radius 3 is 2.36 bits per heavy atom. The van der Waals surface area contributed by atoms with Crippen LogP contribution in [0, 0.1) is 19.3 Å². The number of hydrogen-bond donors (Lipinski definition) is 2. The van der Waals surface area contributed by atoms with Crippen molar-refractivity contribution < 1.29 is 24.2 Å². The monoisotopic (exact) mass is 367 g/mol. The third kappa shape index (κ3) is 4.60. The Kier molecular flexibility index (Phi) is 6.21. The number of ether oxygens (including phenoxy) is 1. The van der Waals surface area contributed by atoms with Gasteiger partial charge in [-0.05, 0) is 37.7 Å². The van der Waals surface area contributed by atoms with E-state index < -0.39 is 17.4 Å². The Morgan fingerprint density at radius 2 is 1.80 bits per heavy atom. The molecule has 2 rings (SSSR count). The number of hydrogen-bond acceptors (Lipinski definition) is 5. The van der Waals surface area contributed by atoms with Gasteiger partial charge in [0.25, 0.3) is 0 Å². The minimum Gasteiger partial charge on any atom is -0.481 e. The molecule has 1 aliphatic rings. The molecule has 1 saturated carbocycles. The highest BCUT2D eigenvalue weighted by molar-refractivity contribution is 7.16. The lowest BCUT2D eigenvalue weighted by Gasteiger charge is -2.35. The van der Waals surface area contributed by atoms with Gasteiger partial charge in [0.15, 0.2) is 0 Å². The van der Waals surface area contributed by atoms with Gasteiger partial charge in [0.1, 0.15) is 5.00 Å². The van der Waals surface area contributed by atoms with E-state index >= 15 is 0 Å². The van der Waals surface area contributed by atoms with Crippen molar-refractivity contribution >= 4 is 34.2 Å². The number of aryl methyl sites for hydroxylation is 1. The normalized spacial score (nSPS) is 16.3. The lowest BCUT2D eigenvalue weighted by atomic mass is 9.69. The van der Waals surface area contributed by atoms with Gasteiger partial charge in [0.05, 0.1) is 19.1 Å². The summed E-state index contributed by atoms with van der Waals surface area (Å²) < 4.78 is 4.81. The van der Waals surface area contributed by atoms with Crippen LogP contribution >= 0.6 is 11.3 Å². The second-order valence-electron chi connectivity index (χ2n) is 6.84. The molecule has 138 valence electrons. The minimum atomic E-state index is -0.868. The molecule has 1 aromatic rings. The fourth-order valence-electron chi connectivity index (χ4n) is 3.61. The first-order valence-electron chi connectivity index (χ1n) is 8.48. The van der Waals surface area contributed by atoms with Crippen LogP contribution in [-0.4, -0.2) is 30.1 Å². The van der Waals surface area contributed by atoms with E-state index in [-0.39, 0.29) is 18.7 Å². The molecule has 1 aliphatic carbocycles. The highest BCUT2D eigenvalue weighted by atomic mass is 32.1. The highest BCUT2D eigenvalue weighted by Crippen LogP contribution is 2.43.